The van der Waals surface area contributed by atoms with E-state index in [9.17, 15) is 5.11 Å². The van der Waals surface area contributed by atoms with E-state index in [2.05, 4.69) is 43.3 Å². The van der Waals surface area contributed by atoms with Crippen LogP contribution >= 0.6 is 12.4 Å². The van der Waals surface area contributed by atoms with Gasteiger partial charge in [-0.3, -0.25) is 0 Å². The fourth-order valence-electron chi connectivity index (χ4n) is 6.80. The Morgan fingerprint density at radius 1 is 0.968 bits per heavy atom. The van der Waals surface area contributed by atoms with Gasteiger partial charge in [0.15, 0.2) is 0 Å². The highest BCUT2D eigenvalue weighted by atomic mass is 35.5. The maximum atomic E-state index is 12.4. The average molecular weight is 450 g/mol. The highest BCUT2D eigenvalue weighted by Gasteiger charge is 2.52. The minimum Gasteiger partial charge on any atom is -0.490 e. The third kappa shape index (κ3) is 5.60. The van der Waals surface area contributed by atoms with Crippen LogP contribution in [0.25, 0.3) is 0 Å². The number of hydrogen-bond donors (Lipinski definition) is 1. The van der Waals surface area contributed by atoms with Gasteiger partial charge in [-0.05, 0) is 89.1 Å². The Morgan fingerprint density at radius 2 is 1.65 bits per heavy atom. The first-order valence-corrected chi connectivity index (χ1v) is 12.7. The molecule has 0 heterocycles. The van der Waals surface area contributed by atoms with E-state index >= 15 is 0 Å². The lowest BCUT2D eigenvalue weighted by molar-refractivity contribution is -0.137. The van der Waals surface area contributed by atoms with Gasteiger partial charge in [-0.25, -0.2) is 0 Å². The Morgan fingerprint density at radius 3 is 2.35 bits per heavy atom. The number of benzene rings is 1. The topological polar surface area (TPSA) is 32.7 Å². The molecule has 4 rings (SSSR count). The summed E-state index contributed by atoms with van der Waals surface area (Å²) in [6.45, 7) is 0.962. The molecule has 1 aromatic rings. The molecule has 2 atom stereocenters. The molecule has 0 spiro atoms. The van der Waals surface area contributed by atoms with Crippen molar-refractivity contribution in [3.63, 3.8) is 0 Å². The van der Waals surface area contributed by atoms with E-state index in [-0.39, 0.29) is 17.8 Å². The van der Waals surface area contributed by atoms with Crippen molar-refractivity contribution < 1.29 is 9.84 Å². The van der Waals surface area contributed by atoms with Crippen LogP contribution in [0.5, 0.6) is 5.75 Å². The third-order valence-electron chi connectivity index (χ3n) is 8.36. The van der Waals surface area contributed by atoms with Crippen LogP contribution in [-0.4, -0.2) is 36.8 Å². The molecule has 3 aliphatic carbocycles. The van der Waals surface area contributed by atoms with E-state index in [0.29, 0.717) is 6.10 Å². The fourth-order valence-corrected chi connectivity index (χ4v) is 6.80. The smallest absolute Gasteiger partial charge is 0.120 e. The van der Waals surface area contributed by atoms with Gasteiger partial charge in [0.1, 0.15) is 5.75 Å². The van der Waals surface area contributed by atoms with E-state index in [1.807, 2.05) is 0 Å². The molecule has 1 aromatic carbocycles. The molecule has 2 unspecified atom stereocenters. The molecule has 0 aliphatic heterocycles. The molecular formula is C27H44ClNO2. The van der Waals surface area contributed by atoms with Gasteiger partial charge in [0.2, 0.25) is 0 Å². The molecule has 0 amide bonds. The summed E-state index contributed by atoms with van der Waals surface area (Å²) in [6, 6.07) is 8.51. The predicted octanol–water partition coefficient (Wildman–Crippen LogP) is 6.71. The highest BCUT2D eigenvalue weighted by molar-refractivity contribution is 5.85. The number of hydrogen-bond acceptors (Lipinski definition) is 3. The summed E-state index contributed by atoms with van der Waals surface area (Å²) in [5.74, 6) is 1.82. The summed E-state index contributed by atoms with van der Waals surface area (Å²) in [5, 5.41) is 12.4. The van der Waals surface area contributed by atoms with Gasteiger partial charge in [-0.1, -0.05) is 50.7 Å². The zero-order chi connectivity index (χ0) is 21.0. The molecule has 3 nitrogen and oxygen atoms in total. The van der Waals surface area contributed by atoms with Crippen LogP contribution in [0.15, 0.2) is 24.3 Å². The quantitative estimate of drug-likeness (QED) is 0.478. The molecule has 3 saturated carbocycles. The summed E-state index contributed by atoms with van der Waals surface area (Å²) < 4.78 is 6.32. The lowest BCUT2D eigenvalue weighted by atomic mass is 9.57. The lowest BCUT2D eigenvalue weighted by Crippen LogP contribution is -2.53. The van der Waals surface area contributed by atoms with Crippen molar-refractivity contribution >= 4 is 12.4 Å². The summed E-state index contributed by atoms with van der Waals surface area (Å²) in [6.07, 6.45) is 17.6. The van der Waals surface area contributed by atoms with Crippen molar-refractivity contribution in [2.75, 3.05) is 20.6 Å². The second kappa shape index (κ2) is 10.9. The van der Waals surface area contributed by atoms with E-state index in [1.165, 1.54) is 64.2 Å². The normalized spacial score (nSPS) is 29.9. The molecule has 176 valence electrons. The SMILES string of the molecule is CN(C)CC1(CCC2CCCC2)CCCCC1(O)c1cccc(OC2CCCC2)c1.Cl. The maximum absolute atomic E-state index is 12.4. The summed E-state index contributed by atoms with van der Waals surface area (Å²) in [7, 11) is 4.35. The van der Waals surface area contributed by atoms with Gasteiger partial charge in [0, 0.05) is 12.0 Å². The van der Waals surface area contributed by atoms with Crippen molar-refractivity contribution in [2.24, 2.45) is 11.3 Å². The van der Waals surface area contributed by atoms with E-state index in [4.69, 9.17) is 4.74 Å². The number of nitrogens with zero attached hydrogens (tertiary/aromatic N) is 1. The molecule has 0 radical (unpaired) electrons. The van der Waals surface area contributed by atoms with Crippen LogP contribution in [0.3, 0.4) is 0 Å². The summed E-state index contributed by atoms with van der Waals surface area (Å²) >= 11 is 0. The Labute approximate surface area is 196 Å². The van der Waals surface area contributed by atoms with Crippen LogP contribution in [0.2, 0.25) is 0 Å². The van der Waals surface area contributed by atoms with Gasteiger partial charge >= 0.3 is 0 Å². The summed E-state index contributed by atoms with van der Waals surface area (Å²) in [5.41, 5.74) is 0.262. The number of aliphatic hydroxyl groups is 1. The van der Waals surface area contributed by atoms with Crippen molar-refractivity contribution in [3.8, 4) is 5.75 Å². The van der Waals surface area contributed by atoms with Crippen LogP contribution in [0.4, 0.5) is 0 Å². The van der Waals surface area contributed by atoms with Crippen LogP contribution in [-0.2, 0) is 5.60 Å². The van der Waals surface area contributed by atoms with E-state index in [1.54, 1.807) is 0 Å². The first-order chi connectivity index (χ1) is 14.5. The Hall–Kier alpha value is -0.770. The van der Waals surface area contributed by atoms with Gasteiger partial charge in [-0.2, -0.15) is 0 Å². The van der Waals surface area contributed by atoms with Gasteiger partial charge in [0.25, 0.3) is 0 Å². The maximum Gasteiger partial charge on any atom is 0.120 e. The monoisotopic (exact) mass is 449 g/mol. The number of ether oxygens (including phenoxy) is 1. The van der Waals surface area contributed by atoms with Crippen LogP contribution in [0, 0.1) is 11.3 Å². The summed E-state index contributed by atoms with van der Waals surface area (Å²) in [4.78, 5) is 2.31. The molecular weight excluding hydrogens is 406 g/mol. The largest absolute Gasteiger partial charge is 0.490 e. The first-order valence-electron chi connectivity index (χ1n) is 12.7. The Kier molecular flexibility index (Phi) is 8.74. The fraction of sp³-hybridized carbons (Fsp3) is 0.778. The average Bonchev–Trinajstić information content (AvgIpc) is 3.43. The van der Waals surface area contributed by atoms with Gasteiger partial charge in [0.05, 0.1) is 11.7 Å². The molecule has 0 bridgehead atoms. The van der Waals surface area contributed by atoms with Crippen LogP contribution in [0.1, 0.15) is 95.5 Å². The van der Waals surface area contributed by atoms with Gasteiger partial charge in [-0.15, -0.1) is 12.4 Å². The Balaban J connectivity index is 0.00000272. The highest BCUT2D eigenvalue weighted by Crippen LogP contribution is 2.55. The molecule has 31 heavy (non-hydrogen) atoms. The predicted molar refractivity (Wildman–Crippen MR) is 131 cm³/mol. The molecule has 3 aliphatic rings. The Bertz CT molecular complexity index is 684. The van der Waals surface area contributed by atoms with E-state index in [0.717, 1.165) is 49.5 Å². The minimum atomic E-state index is -0.761. The van der Waals surface area contributed by atoms with Crippen molar-refractivity contribution in [2.45, 2.75) is 102 Å². The lowest BCUT2D eigenvalue weighted by Gasteiger charge is -2.53. The molecule has 0 aromatic heterocycles. The van der Waals surface area contributed by atoms with Crippen molar-refractivity contribution in [1.82, 2.24) is 4.90 Å². The second-order valence-corrected chi connectivity index (χ2v) is 10.8. The molecule has 0 saturated heterocycles. The first kappa shape index (κ1) is 24.9. The second-order valence-electron chi connectivity index (χ2n) is 10.8. The van der Waals surface area contributed by atoms with Gasteiger partial charge < -0.3 is 14.7 Å². The zero-order valence-corrected chi connectivity index (χ0v) is 20.6. The van der Waals surface area contributed by atoms with Crippen LogP contribution < -0.4 is 4.74 Å². The van der Waals surface area contributed by atoms with Crippen molar-refractivity contribution in [1.29, 1.82) is 0 Å². The molecule has 1 N–H and O–H groups in total. The standard InChI is InChI=1S/C27H43NO2.ClH/c1-28(2)21-26(19-16-22-10-3-4-11-22)17-7-8-18-27(26,29)23-12-9-15-25(20-23)30-24-13-5-6-14-24;/h9,12,15,20,22,24,29H,3-8,10-11,13-14,16-19,21H2,1-2H3;1H. The third-order valence-corrected chi connectivity index (χ3v) is 8.36. The molecule has 4 heteroatoms. The zero-order valence-electron chi connectivity index (χ0n) is 19.8. The minimum absolute atomic E-state index is 0. The number of halogens is 1. The molecule has 3 fully saturated rings. The number of rotatable bonds is 8. The van der Waals surface area contributed by atoms with E-state index < -0.39 is 5.60 Å². The van der Waals surface area contributed by atoms with Crippen molar-refractivity contribution in [3.05, 3.63) is 29.8 Å².